The fraction of sp³-hybridized carbons (Fsp3) is 0.357. The topological polar surface area (TPSA) is 40.5 Å². The van der Waals surface area contributed by atoms with Gasteiger partial charge in [-0.25, -0.2) is 0 Å². The van der Waals surface area contributed by atoms with Crippen LogP contribution in [0.15, 0.2) is 29.2 Å². The number of benzene rings is 1. The molecule has 4 heteroatoms. The third-order valence-corrected chi connectivity index (χ3v) is 3.36. The lowest BCUT2D eigenvalue weighted by molar-refractivity contribution is -0.126. The van der Waals surface area contributed by atoms with Crippen LogP contribution in [0.1, 0.15) is 24.8 Å². The number of likely N-dealkylation sites (tertiary alicyclic amines) is 1. The second-order valence-corrected chi connectivity index (χ2v) is 4.98. The molecule has 0 atom stereocenters. The summed E-state index contributed by atoms with van der Waals surface area (Å²) in [6.07, 6.45) is 6.53. The van der Waals surface area contributed by atoms with Crippen LogP contribution in [0.25, 0.3) is 6.08 Å². The second kappa shape index (κ2) is 5.96. The van der Waals surface area contributed by atoms with Gasteiger partial charge in [0.2, 0.25) is 5.91 Å². The summed E-state index contributed by atoms with van der Waals surface area (Å²) in [6, 6.07) is 5.02. The first kappa shape index (κ1) is 13.0. The Morgan fingerprint density at radius 2 is 2.00 bits per heavy atom. The van der Waals surface area contributed by atoms with Crippen molar-refractivity contribution in [2.45, 2.75) is 24.2 Å². The van der Waals surface area contributed by atoms with Crippen molar-refractivity contribution in [1.82, 2.24) is 4.90 Å². The van der Waals surface area contributed by atoms with E-state index in [0.29, 0.717) is 5.56 Å². The van der Waals surface area contributed by atoms with E-state index in [-0.39, 0.29) is 11.7 Å². The Morgan fingerprint density at radius 3 is 2.72 bits per heavy atom. The number of carbonyl (C=O) groups excluding carboxylic acids is 1. The molecule has 1 aliphatic rings. The number of aromatic hydroxyl groups is 1. The number of hydrogen-bond acceptors (Lipinski definition) is 3. The van der Waals surface area contributed by atoms with Crippen LogP contribution in [0.4, 0.5) is 0 Å². The number of hydrogen-bond donors (Lipinski definition) is 2. The third-order valence-electron chi connectivity index (χ3n) is 3.08. The number of piperidine rings is 1. The highest BCUT2D eigenvalue weighted by Gasteiger charge is 2.13. The average Bonchev–Trinajstić information content (AvgIpc) is 2.40. The highest BCUT2D eigenvalue weighted by Crippen LogP contribution is 2.22. The highest BCUT2D eigenvalue weighted by molar-refractivity contribution is 7.80. The molecule has 0 aliphatic carbocycles. The van der Waals surface area contributed by atoms with Crippen molar-refractivity contribution in [2.24, 2.45) is 0 Å². The first-order chi connectivity index (χ1) is 8.66. The number of amides is 1. The summed E-state index contributed by atoms with van der Waals surface area (Å²) >= 11 is 4.21. The molecule has 96 valence electrons. The fourth-order valence-electron chi connectivity index (χ4n) is 2.06. The zero-order valence-electron chi connectivity index (χ0n) is 10.2. The smallest absolute Gasteiger partial charge is 0.246 e. The molecule has 0 spiro atoms. The standard InChI is InChI=1S/C14H17NO2S/c16-13-6-5-12(18)10-11(13)4-7-14(17)15-8-2-1-3-9-15/h4-7,10,16,18H,1-3,8-9H2/b7-4+. The Kier molecular flexibility index (Phi) is 4.31. The highest BCUT2D eigenvalue weighted by atomic mass is 32.1. The van der Waals surface area contributed by atoms with Gasteiger partial charge in [-0.2, -0.15) is 0 Å². The monoisotopic (exact) mass is 263 g/mol. The summed E-state index contributed by atoms with van der Waals surface area (Å²) in [5.41, 5.74) is 0.618. The van der Waals surface area contributed by atoms with Crippen molar-refractivity contribution < 1.29 is 9.90 Å². The quantitative estimate of drug-likeness (QED) is 0.636. The Labute approximate surface area is 113 Å². The molecule has 1 fully saturated rings. The van der Waals surface area contributed by atoms with Crippen LogP contribution in [-0.4, -0.2) is 29.0 Å². The van der Waals surface area contributed by atoms with Gasteiger partial charge in [-0.05, 0) is 43.5 Å². The Morgan fingerprint density at radius 1 is 1.28 bits per heavy atom. The van der Waals surface area contributed by atoms with E-state index < -0.39 is 0 Å². The van der Waals surface area contributed by atoms with E-state index in [2.05, 4.69) is 12.6 Å². The number of rotatable bonds is 2. The molecule has 1 aromatic carbocycles. The van der Waals surface area contributed by atoms with Crippen molar-refractivity contribution in [3.8, 4) is 5.75 Å². The molecule has 1 N–H and O–H groups in total. The first-order valence-electron chi connectivity index (χ1n) is 6.16. The van der Waals surface area contributed by atoms with Crippen LogP contribution in [0.5, 0.6) is 5.75 Å². The summed E-state index contributed by atoms with van der Waals surface area (Å²) in [5.74, 6) is 0.175. The minimum absolute atomic E-state index is 0.0127. The van der Waals surface area contributed by atoms with Crippen molar-refractivity contribution in [1.29, 1.82) is 0 Å². The van der Waals surface area contributed by atoms with E-state index in [4.69, 9.17) is 0 Å². The predicted molar refractivity (Wildman–Crippen MR) is 74.8 cm³/mol. The van der Waals surface area contributed by atoms with Crippen molar-refractivity contribution in [3.05, 3.63) is 29.8 Å². The van der Waals surface area contributed by atoms with Crippen LogP contribution >= 0.6 is 12.6 Å². The number of thiol groups is 1. The average molecular weight is 263 g/mol. The SMILES string of the molecule is O=C(/C=C/c1cc(S)ccc1O)N1CCCCC1. The van der Waals surface area contributed by atoms with Crippen molar-refractivity contribution in [3.63, 3.8) is 0 Å². The van der Waals surface area contributed by atoms with Gasteiger partial charge in [0.1, 0.15) is 5.75 Å². The molecule has 1 aliphatic heterocycles. The van der Waals surface area contributed by atoms with Gasteiger partial charge in [0, 0.05) is 29.6 Å². The summed E-state index contributed by atoms with van der Waals surface area (Å²) in [6.45, 7) is 1.67. The molecule has 0 saturated carbocycles. The molecule has 1 amide bonds. The number of phenols is 1. The van der Waals surface area contributed by atoms with Crippen LogP contribution in [-0.2, 0) is 4.79 Å². The van der Waals surface area contributed by atoms with E-state index in [1.807, 2.05) is 4.90 Å². The van der Waals surface area contributed by atoms with Gasteiger partial charge in [-0.1, -0.05) is 0 Å². The summed E-state index contributed by atoms with van der Waals surface area (Å²) < 4.78 is 0. The molecular weight excluding hydrogens is 246 g/mol. The lowest BCUT2D eigenvalue weighted by Crippen LogP contribution is -2.34. The van der Waals surface area contributed by atoms with Crippen LogP contribution in [0.2, 0.25) is 0 Å². The summed E-state index contributed by atoms with van der Waals surface area (Å²) in [4.78, 5) is 14.5. The van der Waals surface area contributed by atoms with E-state index >= 15 is 0 Å². The summed E-state index contributed by atoms with van der Waals surface area (Å²) in [7, 11) is 0. The van der Waals surface area contributed by atoms with Crippen LogP contribution < -0.4 is 0 Å². The zero-order valence-corrected chi connectivity index (χ0v) is 11.1. The number of phenolic OH excluding ortho intramolecular Hbond substituents is 1. The summed E-state index contributed by atoms with van der Waals surface area (Å²) in [5, 5.41) is 9.65. The van der Waals surface area contributed by atoms with E-state index in [9.17, 15) is 9.90 Å². The van der Waals surface area contributed by atoms with Gasteiger partial charge in [-0.3, -0.25) is 4.79 Å². The maximum absolute atomic E-state index is 11.9. The maximum Gasteiger partial charge on any atom is 0.246 e. The Bertz CT molecular complexity index is 465. The van der Waals surface area contributed by atoms with Gasteiger partial charge < -0.3 is 10.0 Å². The van der Waals surface area contributed by atoms with Gasteiger partial charge in [-0.15, -0.1) is 12.6 Å². The zero-order chi connectivity index (χ0) is 13.0. The van der Waals surface area contributed by atoms with Crippen LogP contribution in [0, 0.1) is 0 Å². The maximum atomic E-state index is 11.9. The Balaban J connectivity index is 2.05. The van der Waals surface area contributed by atoms with Gasteiger partial charge in [0.05, 0.1) is 0 Å². The molecular formula is C14H17NO2S. The first-order valence-corrected chi connectivity index (χ1v) is 6.60. The normalized spacial score (nSPS) is 16.2. The molecule has 3 nitrogen and oxygen atoms in total. The number of nitrogens with zero attached hydrogens (tertiary/aromatic N) is 1. The van der Waals surface area contributed by atoms with Crippen LogP contribution in [0.3, 0.4) is 0 Å². The third kappa shape index (κ3) is 3.29. The van der Waals surface area contributed by atoms with E-state index in [1.54, 1.807) is 24.3 Å². The molecule has 0 radical (unpaired) electrons. The van der Waals surface area contributed by atoms with Crippen molar-refractivity contribution in [2.75, 3.05) is 13.1 Å². The largest absolute Gasteiger partial charge is 0.507 e. The minimum Gasteiger partial charge on any atom is -0.507 e. The fourth-order valence-corrected chi connectivity index (χ4v) is 2.27. The molecule has 2 rings (SSSR count). The van der Waals surface area contributed by atoms with Gasteiger partial charge in [0.25, 0.3) is 0 Å². The van der Waals surface area contributed by atoms with Crippen molar-refractivity contribution >= 4 is 24.6 Å². The van der Waals surface area contributed by atoms with E-state index in [0.717, 1.165) is 30.8 Å². The minimum atomic E-state index is 0.0127. The lowest BCUT2D eigenvalue weighted by atomic mass is 10.1. The molecule has 1 heterocycles. The van der Waals surface area contributed by atoms with E-state index in [1.165, 1.54) is 12.5 Å². The second-order valence-electron chi connectivity index (χ2n) is 4.46. The number of carbonyl (C=O) groups is 1. The van der Waals surface area contributed by atoms with Gasteiger partial charge >= 0.3 is 0 Å². The molecule has 0 bridgehead atoms. The molecule has 1 saturated heterocycles. The Hall–Kier alpha value is -1.42. The predicted octanol–water partition coefficient (Wildman–Crippen LogP) is 2.71. The van der Waals surface area contributed by atoms with Gasteiger partial charge in [0.15, 0.2) is 0 Å². The molecule has 1 aromatic rings. The molecule has 0 aromatic heterocycles. The lowest BCUT2D eigenvalue weighted by Gasteiger charge is -2.25. The molecule has 0 unspecified atom stereocenters. The molecule has 18 heavy (non-hydrogen) atoms.